The highest BCUT2D eigenvalue weighted by Gasteiger charge is 2.22. The lowest BCUT2D eigenvalue weighted by atomic mass is 10.1. The number of amides is 1. The minimum atomic E-state index is -0.252. The van der Waals surface area contributed by atoms with Gasteiger partial charge in [0, 0.05) is 24.6 Å². The van der Waals surface area contributed by atoms with E-state index in [1.54, 1.807) is 14.2 Å². The number of methoxy groups -OCH3 is 2. The molecule has 1 N–H and O–H groups in total. The van der Waals surface area contributed by atoms with E-state index in [4.69, 9.17) is 13.9 Å². The number of hydrogen-bond acceptors (Lipinski definition) is 5. The van der Waals surface area contributed by atoms with Crippen LogP contribution >= 0.6 is 0 Å². The van der Waals surface area contributed by atoms with Crippen LogP contribution in [0.2, 0.25) is 0 Å². The highest BCUT2D eigenvalue weighted by atomic mass is 16.5. The molecule has 28 heavy (non-hydrogen) atoms. The fourth-order valence-corrected chi connectivity index (χ4v) is 3.29. The molecule has 0 radical (unpaired) electrons. The fraction of sp³-hybridized carbons (Fsp3) is 0.318. The molecule has 1 aromatic heterocycles. The molecule has 0 saturated carbocycles. The van der Waals surface area contributed by atoms with Gasteiger partial charge in [-0.2, -0.15) is 0 Å². The largest absolute Gasteiger partial charge is 0.497 e. The zero-order chi connectivity index (χ0) is 20.1. The molecule has 148 valence electrons. The molecule has 3 aromatic rings. The Morgan fingerprint density at radius 3 is 2.64 bits per heavy atom. The average molecular weight is 382 g/mol. The van der Waals surface area contributed by atoms with Crippen LogP contribution in [0.25, 0.3) is 11.0 Å². The molecular weight excluding hydrogens is 356 g/mol. The van der Waals surface area contributed by atoms with E-state index >= 15 is 0 Å². The molecule has 3 rings (SSSR count). The highest BCUT2D eigenvalue weighted by molar-refractivity contribution is 5.99. The van der Waals surface area contributed by atoms with E-state index in [-0.39, 0.29) is 11.9 Å². The van der Waals surface area contributed by atoms with Gasteiger partial charge in [-0.05, 0) is 37.9 Å². The van der Waals surface area contributed by atoms with Gasteiger partial charge in [-0.1, -0.05) is 30.3 Å². The van der Waals surface area contributed by atoms with E-state index in [0.29, 0.717) is 24.5 Å². The van der Waals surface area contributed by atoms with Crippen LogP contribution < -0.4 is 10.1 Å². The topological polar surface area (TPSA) is 63.9 Å². The zero-order valence-corrected chi connectivity index (χ0v) is 16.7. The predicted molar refractivity (Wildman–Crippen MR) is 109 cm³/mol. The van der Waals surface area contributed by atoms with E-state index in [1.807, 2.05) is 62.6 Å². The molecule has 0 aliphatic rings. The molecule has 0 spiro atoms. The first kappa shape index (κ1) is 19.9. The van der Waals surface area contributed by atoms with Crippen molar-refractivity contribution < 1.29 is 18.7 Å². The molecule has 0 bridgehead atoms. The minimum absolute atomic E-state index is 0.00527. The van der Waals surface area contributed by atoms with E-state index in [2.05, 4.69) is 10.2 Å². The lowest BCUT2D eigenvalue weighted by Gasteiger charge is -2.25. The molecular formula is C22H26N2O4. The molecule has 1 unspecified atom stereocenters. The Morgan fingerprint density at radius 1 is 1.14 bits per heavy atom. The summed E-state index contributed by atoms with van der Waals surface area (Å²) in [5.41, 5.74) is 2.50. The number of carbonyl (C=O) groups excluding carboxylic acids is 1. The molecule has 1 atom stereocenters. The smallest absolute Gasteiger partial charge is 0.287 e. The Balaban J connectivity index is 1.82. The van der Waals surface area contributed by atoms with Gasteiger partial charge in [0.15, 0.2) is 5.76 Å². The van der Waals surface area contributed by atoms with Gasteiger partial charge >= 0.3 is 0 Å². The third-order valence-corrected chi connectivity index (χ3v) is 4.75. The van der Waals surface area contributed by atoms with Gasteiger partial charge in [-0.3, -0.25) is 4.79 Å². The van der Waals surface area contributed by atoms with Crippen molar-refractivity contribution in [3.63, 3.8) is 0 Å². The number of nitrogens with zero attached hydrogens (tertiary/aromatic N) is 1. The van der Waals surface area contributed by atoms with Crippen LogP contribution in [0.1, 0.15) is 27.7 Å². The van der Waals surface area contributed by atoms with Gasteiger partial charge in [-0.25, -0.2) is 0 Å². The maximum absolute atomic E-state index is 12.9. The first-order chi connectivity index (χ1) is 13.5. The summed E-state index contributed by atoms with van der Waals surface area (Å²) in [4.78, 5) is 14.9. The highest BCUT2D eigenvalue weighted by Crippen LogP contribution is 2.27. The maximum Gasteiger partial charge on any atom is 0.287 e. The number of para-hydroxylation sites is 1. The molecule has 0 aliphatic heterocycles. The minimum Gasteiger partial charge on any atom is -0.497 e. The zero-order valence-electron chi connectivity index (χ0n) is 16.7. The number of benzene rings is 2. The van der Waals surface area contributed by atoms with Gasteiger partial charge in [0.1, 0.15) is 11.3 Å². The first-order valence-corrected chi connectivity index (χ1v) is 9.13. The van der Waals surface area contributed by atoms with Crippen molar-refractivity contribution in [2.75, 3.05) is 34.9 Å². The van der Waals surface area contributed by atoms with Gasteiger partial charge in [-0.15, -0.1) is 0 Å². The molecule has 6 nitrogen and oxygen atoms in total. The van der Waals surface area contributed by atoms with Crippen molar-refractivity contribution in [2.24, 2.45) is 0 Å². The normalized spacial score (nSPS) is 12.3. The van der Waals surface area contributed by atoms with Crippen LogP contribution in [0, 0.1) is 0 Å². The summed E-state index contributed by atoms with van der Waals surface area (Å²) in [6.45, 7) is 0.745. The van der Waals surface area contributed by atoms with Gasteiger partial charge in [0.2, 0.25) is 0 Å². The Kier molecular flexibility index (Phi) is 6.34. The summed E-state index contributed by atoms with van der Waals surface area (Å²) >= 11 is 0. The summed E-state index contributed by atoms with van der Waals surface area (Å²) in [6.07, 6.45) is 0. The molecule has 0 saturated heterocycles. The van der Waals surface area contributed by atoms with Crippen LogP contribution in [-0.4, -0.2) is 45.7 Å². The second kappa shape index (κ2) is 8.91. The second-order valence-corrected chi connectivity index (χ2v) is 6.80. The summed E-state index contributed by atoms with van der Waals surface area (Å²) in [7, 11) is 7.21. The number of furan rings is 1. The monoisotopic (exact) mass is 382 g/mol. The standard InChI is InChI=1S/C22H26N2O4/c1-24(2)19(15-8-7-9-16(12-15)27-4)13-23-22(25)21-18(14-26-3)17-10-5-6-11-20(17)28-21/h5-12,19H,13-14H2,1-4H3,(H,23,25). The third kappa shape index (κ3) is 4.18. The van der Waals surface area contributed by atoms with Crippen LogP contribution in [0.4, 0.5) is 0 Å². The number of hydrogen-bond donors (Lipinski definition) is 1. The Bertz CT molecular complexity index is 949. The first-order valence-electron chi connectivity index (χ1n) is 9.13. The SMILES string of the molecule is COCc1c(C(=O)NCC(c2cccc(OC)c2)N(C)C)oc2ccccc12. The number of nitrogens with one attached hydrogen (secondary N) is 1. The quantitative estimate of drug-likeness (QED) is 0.645. The Morgan fingerprint density at radius 2 is 1.93 bits per heavy atom. The number of carbonyl (C=O) groups is 1. The third-order valence-electron chi connectivity index (χ3n) is 4.75. The Labute approximate surface area is 165 Å². The number of ether oxygens (including phenoxy) is 2. The lowest BCUT2D eigenvalue weighted by Crippen LogP contribution is -2.34. The van der Waals surface area contributed by atoms with E-state index in [9.17, 15) is 4.79 Å². The molecule has 1 amide bonds. The van der Waals surface area contributed by atoms with Crippen molar-refractivity contribution >= 4 is 16.9 Å². The van der Waals surface area contributed by atoms with Gasteiger partial charge < -0.3 is 24.1 Å². The summed E-state index contributed by atoms with van der Waals surface area (Å²) < 4.78 is 16.4. The summed E-state index contributed by atoms with van der Waals surface area (Å²) in [5, 5.41) is 3.90. The number of rotatable bonds is 8. The van der Waals surface area contributed by atoms with Crippen LogP contribution in [0.3, 0.4) is 0 Å². The van der Waals surface area contributed by atoms with Gasteiger partial charge in [0.25, 0.3) is 5.91 Å². The second-order valence-electron chi connectivity index (χ2n) is 6.80. The summed E-state index contributed by atoms with van der Waals surface area (Å²) in [5.74, 6) is 0.833. The van der Waals surface area contributed by atoms with Crippen molar-refractivity contribution in [3.8, 4) is 5.75 Å². The number of likely N-dealkylation sites (N-methyl/N-ethyl adjacent to an activating group) is 1. The summed E-state index contributed by atoms with van der Waals surface area (Å²) in [6, 6.07) is 15.4. The maximum atomic E-state index is 12.9. The molecule has 1 heterocycles. The van der Waals surface area contributed by atoms with Crippen molar-refractivity contribution in [2.45, 2.75) is 12.6 Å². The van der Waals surface area contributed by atoms with E-state index < -0.39 is 0 Å². The molecule has 0 aliphatic carbocycles. The lowest BCUT2D eigenvalue weighted by molar-refractivity contribution is 0.0909. The van der Waals surface area contributed by atoms with Crippen LogP contribution in [0.5, 0.6) is 5.75 Å². The average Bonchev–Trinajstić information content (AvgIpc) is 3.07. The van der Waals surface area contributed by atoms with E-state index in [1.165, 1.54) is 0 Å². The molecule has 6 heteroatoms. The van der Waals surface area contributed by atoms with Crippen LogP contribution in [-0.2, 0) is 11.3 Å². The van der Waals surface area contributed by atoms with Crippen molar-refractivity contribution in [1.82, 2.24) is 10.2 Å². The molecule has 2 aromatic carbocycles. The van der Waals surface area contributed by atoms with E-state index in [0.717, 1.165) is 22.3 Å². The molecule has 0 fully saturated rings. The fourth-order valence-electron chi connectivity index (χ4n) is 3.29. The Hall–Kier alpha value is -2.83. The van der Waals surface area contributed by atoms with Crippen molar-refractivity contribution in [1.29, 1.82) is 0 Å². The predicted octanol–water partition coefficient (Wildman–Crippen LogP) is 3.62. The number of fused-ring (bicyclic) bond motifs is 1. The van der Waals surface area contributed by atoms with Crippen LogP contribution in [0.15, 0.2) is 52.9 Å². The van der Waals surface area contributed by atoms with Gasteiger partial charge in [0.05, 0.1) is 19.8 Å². The van der Waals surface area contributed by atoms with Crippen molar-refractivity contribution in [3.05, 3.63) is 65.4 Å².